The lowest BCUT2D eigenvalue weighted by Gasteiger charge is -2.31. The van der Waals surface area contributed by atoms with Crippen LogP contribution in [0.4, 0.5) is 0 Å². The maximum Gasteiger partial charge on any atom is 0.0527 e. The summed E-state index contributed by atoms with van der Waals surface area (Å²) in [5, 5.41) is 9.58. The number of hydrogen-bond acceptors (Lipinski definition) is 3. The van der Waals surface area contributed by atoms with Crippen molar-refractivity contribution in [2.45, 2.75) is 76.5 Å². The monoisotopic (exact) mass is 254 g/mol. The summed E-state index contributed by atoms with van der Waals surface area (Å²) in [5.41, 5.74) is 6.33. The van der Waals surface area contributed by atoms with E-state index in [4.69, 9.17) is 5.73 Å². The molecule has 4 unspecified atom stereocenters. The molecule has 0 spiro atoms. The normalized spacial score (nSPS) is 36.5. The molecule has 106 valence electrons. The molecule has 0 radical (unpaired) electrons. The molecule has 2 rings (SSSR count). The second-order valence-electron chi connectivity index (χ2n) is 6.44. The van der Waals surface area contributed by atoms with Crippen molar-refractivity contribution >= 4 is 0 Å². The fourth-order valence-corrected chi connectivity index (χ4v) is 3.74. The Morgan fingerprint density at radius 2 is 1.94 bits per heavy atom. The van der Waals surface area contributed by atoms with Crippen LogP contribution < -0.4 is 5.73 Å². The van der Waals surface area contributed by atoms with Crippen LogP contribution in [0.25, 0.3) is 0 Å². The van der Waals surface area contributed by atoms with E-state index in [2.05, 4.69) is 4.90 Å². The molecule has 1 aliphatic carbocycles. The highest BCUT2D eigenvalue weighted by Gasteiger charge is 2.30. The molecule has 0 amide bonds. The zero-order chi connectivity index (χ0) is 13.0. The number of likely N-dealkylation sites (tertiary alicyclic amines) is 1. The number of nitrogens with two attached hydrogens (primary N) is 1. The van der Waals surface area contributed by atoms with Crippen LogP contribution in [-0.4, -0.2) is 41.3 Å². The van der Waals surface area contributed by atoms with Crippen molar-refractivity contribution in [3.63, 3.8) is 0 Å². The lowest BCUT2D eigenvalue weighted by Crippen LogP contribution is -2.41. The van der Waals surface area contributed by atoms with Gasteiger partial charge in [-0.1, -0.05) is 19.3 Å². The van der Waals surface area contributed by atoms with Gasteiger partial charge in [0.1, 0.15) is 0 Å². The van der Waals surface area contributed by atoms with Gasteiger partial charge >= 0.3 is 0 Å². The number of nitrogens with zero attached hydrogens (tertiary/aromatic N) is 1. The molecule has 1 aliphatic heterocycles. The van der Waals surface area contributed by atoms with Gasteiger partial charge in [0.25, 0.3) is 0 Å². The van der Waals surface area contributed by atoms with E-state index in [9.17, 15) is 5.11 Å². The van der Waals surface area contributed by atoms with E-state index in [0.29, 0.717) is 18.0 Å². The Balaban J connectivity index is 1.86. The van der Waals surface area contributed by atoms with Gasteiger partial charge in [0, 0.05) is 18.6 Å². The molecule has 3 heteroatoms. The van der Waals surface area contributed by atoms with Crippen LogP contribution >= 0.6 is 0 Å². The van der Waals surface area contributed by atoms with E-state index < -0.39 is 0 Å². The highest BCUT2D eigenvalue weighted by molar-refractivity contribution is 4.86. The highest BCUT2D eigenvalue weighted by atomic mass is 16.3. The third-order valence-electron chi connectivity index (χ3n) is 4.80. The summed E-state index contributed by atoms with van der Waals surface area (Å²) in [7, 11) is 0. The Hall–Kier alpha value is -0.120. The van der Waals surface area contributed by atoms with E-state index in [1.54, 1.807) is 0 Å². The summed E-state index contributed by atoms with van der Waals surface area (Å²) < 4.78 is 0. The van der Waals surface area contributed by atoms with Gasteiger partial charge in [0.2, 0.25) is 0 Å². The van der Waals surface area contributed by atoms with Crippen LogP contribution in [0.5, 0.6) is 0 Å². The fourth-order valence-electron chi connectivity index (χ4n) is 3.74. The Morgan fingerprint density at radius 1 is 1.17 bits per heavy atom. The second-order valence-corrected chi connectivity index (χ2v) is 6.44. The molecule has 2 fully saturated rings. The molecule has 1 saturated heterocycles. The van der Waals surface area contributed by atoms with E-state index in [-0.39, 0.29) is 6.10 Å². The molecule has 0 bridgehead atoms. The molecule has 1 heterocycles. The van der Waals surface area contributed by atoms with Gasteiger partial charge in [-0.3, -0.25) is 4.90 Å². The lowest BCUT2D eigenvalue weighted by molar-refractivity contribution is 0.120. The van der Waals surface area contributed by atoms with Crippen molar-refractivity contribution in [3.05, 3.63) is 0 Å². The zero-order valence-electron chi connectivity index (χ0n) is 11.9. The van der Waals surface area contributed by atoms with Gasteiger partial charge in [-0.05, 0) is 51.5 Å². The van der Waals surface area contributed by atoms with E-state index in [1.165, 1.54) is 58.0 Å². The van der Waals surface area contributed by atoms with Gasteiger partial charge in [0.15, 0.2) is 0 Å². The van der Waals surface area contributed by atoms with Crippen molar-refractivity contribution in [1.29, 1.82) is 0 Å². The number of aliphatic hydroxyl groups excluding tert-OH is 1. The first-order valence-corrected chi connectivity index (χ1v) is 7.84. The first-order chi connectivity index (χ1) is 8.66. The molecular formula is C15H30N2O. The standard InChI is InChI=1S/C15H30N2O/c1-12(18)10-14-7-5-9-17(14)11-13-6-3-2-4-8-15(13)16/h12-15,18H,2-11,16H2,1H3. The van der Waals surface area contributed by atoms with Crippen LogP contribution in [0.1, 0.15) is 58.3 Å². The summed E-state index contributed by atoms with van der Waals surface area (Å²) >= 11 is 0. The topological polar surface area (TPSA) is 49.5 Å². The Morgan fingerprint density at radius 3 is 2.72 bits per heavy atom. The Labute approximate surface area is 112 Å². The molecule has 1 saturated carbocycles. The molecule has 4 atom stereocenters. The lowest BCUT2D eigenvalue weighted by atomic mass is 9.94. The van der Waals surface area contributed by atoms with Crippen molar-refractivity contribution in [3.8, 4) is 0 Å². The summed E-state index contributed by atoms with van der Waals surface area (Å²) in [6.45, 7) is 4.28. The minimum absolute atomic E-state index is 0.168. The summed E-state index contributed by atoms with van der Waals surface area (Å²) in [5.74, 6) is 0.682. The van der Waals surface area contributed by atoms with Crippen LogP contribution in [0.2, 0.25) is 0 Å². The quantitative estimate of drug-likeness (QED) is 0.756. The Bertz CT molecular complexity index is 245. The van der Waals surface area contributed by atoms with Crippen LogP contribution in [0, 0.1) is 5.92 Å². The molecule has 3 nitrogen and oxygen atoms in total. The predicted molar refractivity (Wildman–Crippen MR) is 75.4 cm³/mol. The highest BCUT2D eigenvalue weighted by Crippen LogP contribution is 2.27. The van der Waals surface area contributed by atoms with Gasteiger partial charge in [-0.25, -0.2) is 0 Å². The summed E-state index contributed by atoms with van der Waals surface area (Å²) in [6.07, 6.45) is 9.86. The molecule has 3 N–H and O–H groups in total. The first kappa shape index (κ1) is 14.3. The van der Waals surface area contributed by atoms with Crippen molar-refractivity contribution in [2.75, 3.05) is 13.1 Å². The summed E-state index contributed by atoms with van der Waals surface area (Å²) in [6, 6.07) is 1.00. The van der Waals surface area contributed by atoms with Gasteiger partial charge in [0.05, 0.1) is 6.10 Å². The van der Waals surface area contributed by atoms with E-state index in [1.807, 2.05) is 6.92 Å². The Kier molecular flexibility index (Phi) is 5.46. The minimum Gasteiger partial charge on any atom is -0.393 e. The fraction of sp³-hybridized carbons (Fsp3) is 1.00. The van der Waals surface area contributed by atoms with Gasteiger partial charge in [-0.2, -0.15) is 0 Å². The van der Waals surface area contributed by atoms with Gasteiger partial charge in [-0.15, -0.1) is 0 Å². The number of rotatable bonds is 4. The van der Waals surface area contributed by atoms with E-state index in [0.717, 1.165) is 6.42 Å². The molecule has 2 aliphatic rings. The summed E-state index contributed by atoms with van der Waals surface area (Å²) in [4.78, 5) is 2.60. The van der Waals surface area contributed by atoms with Gasteiger partial charge < -0.3 is 10.8 Å². The molecule has 0 aromatic rings. The van der Waals surface area contributed by atoms with E-state index >= 15 is 0 Å². The van der Waals surface area contributed by atoms with Crippen LogP contribution in [0.3, 0.4) is 0 Å². The third-order valence-corrected chi connectivity index (χ3v) is 4.80. The smallest absolute Gasteiger partial charge is 0.0527 e. The molecule has 0 aromatic heterocycles. The van der Waals surface area contributed by atoms with Crippen molar-refractivity contribution in [2.24, 2.45) is 11.7 Å². The maximum absolute atomic E-state index is 9.58. The first-order valence-electron chi connectivity index (χ1n) is 7.84. The molecular weight excluding hydrogens is 224 g/mol. The molecule has 18 heavy (non-hydrogen) atoms. The largest absolute Gasteiger partial charge is 0.393 e. The average Bonchev–Trinajstić information content (AvgIpc) is 2.62. The molecule has 0 aromatic carbocycles. The minimum atomic E-state index is -0.168. The zero-order valence-corrected chi connectivity index (χ0v) is 11.9. The van der Waals surface area contributed by atoms with Crippen molar-refractivity contribution < 1.29 is 5.11 Å². The number of aliphatic hydroxyl groups is 1. The number of hydrogen-bond donors (Lipinski definition) is 2. The third kappa shape index (κ3) is 3.94. The SMILES string of the molecule is CC(O)CC1CCCN1CC1CCCCCC1N. The average molecular weight is 254 g/mol. The van der Waals surface area contributed by atoms with Crippen molar-refractivity contribution in [1.82, 2.24) is 4.90 Å². The van der Waals surface area contributed by atoms with Crippen LogP contribution in [0.15, 0.2) is 0 Å². The second kappa shape index (κ2) is 6.88. The predicted octanol–water partition coefficient (Wildman–Crippen LogP) is 2.13. The van der Waals surface area contributed by atoms with Crippen LogP contribution in [-0.2, 0) is 0 Å². The maximum atomic E-state index is 9.58.